The number of sulfonamides is 1. The Morgan fingerprint density at radius 1 is 1.04 bits per heavy atom. The number of halogens is 1. The van der Waals surface area contributed by atoms with Gasteiger partial charge in [0, 0.05) is 18.7 Å². The Morgan fingerprint density at radius 2 is 1.64 bits per heavy atom. The van der Waals surface area contributed by atoms with Gasteiger partial charge in [-0.05, 0) is 42.4 Å². The van der Waals surface area contributed by atoms with Crippen LogP contribution in [0, 0.1) is 0 Å². The number of hydrogen-bond acceptors (Lipinski definition) is 4. The summed E-state index contributed by atoms with van der Waals surface area (Å²) in [7, 11) is -3.48. The van der Waals surface area contributed by atoms with Gasteiger partial charge in [-0.3, -0.25) is 14.4 Å². The van der Waals surface area contributed by atoms with Crippen LogP contribution in [0.15, 0.2) is 42.5 Å². The van der Waals surface area contributed by atoms with Crippen LogP contribution in [-0.4, -0.2) is 38.6 Å². The maximum atomic E-state index is 12.4. The van der Waals surface area contributed by atoms with Crippen molar-refractivity contribution in [1.29, 1.82) is 0 Å². The van der Waals surface area contributed by atoms with E-state index < -0.39 is 10.0 Å². The first-order valence-corrected chi connectivity index (χ1v) is 11.3. The van der Waals surface area contributed by atoms with E-state index in [1.165, 1.54) is 17.7 Å². The predicted octanol–water partition coefficient (Wildman–Crippen LogP) is 3.48. The Labute approximate surface area is 171 Å². The van der Waals surface area contributed by atoms with E-state index >= 15 is 0 Å². The van der Waals surface area contributed by atoms with Gasteiger partial charge >= 0.3 is 0 Å². The highest BCUT2D eigenvalue weighted by atomic mass is 35.5. The van der Waals surface area contributed by atoms with Crippen molar-refractivity contribution in [3.63, 3.8) is 0 Å². The molecule has 0 spiro atoms. The first-order chi connectivity index (χ1) is 13.2. The van der Waals surface area contributed by atoms with E-state index in [0.717, 1.165) is 31.5 Å². The minimum absolute atomic E-state index is 0.178. The summed E-state index contributed by atoms with van der Waals surface area (Å²) in [4.78, 5) is 14.7. The maximum Gasteiger partial charge on any atom is 0.251 e. The quantitative estimate of drug-likeness (QED) is 0.647. The van der Waals surface area contributed by atoms with Gasteiger partial charge < -0.3 is 5.32 Å². The summed E-state index contributed by atoms with van der Waals surface area (Å²) in [5, 5.41) is 3.07. The Bertz CT molecular complexity index is 911. The molecule has 0 saturated carbocycles. The van der Waals surface area contributed by atoms with Crippen LogP contribution in [0.3, 0.4) is 0 Å². The standard InChI is InChI=1S/C20H26ClN3O3S/c1-4-24(5-2)14-16-8-6-15(7-9-16)13-22-20(25)17-10-11-18(21)19(12-17)23-28(3,26)27/h6-12,23H,4-5,13-14H2,1-3H3,(H,22,25). The highest BCUT2D eigenvalue weighted by Crippen LogP contribution is 2.24. The number of nitrogens with one attached hydrogen (secondary N) is 2. The molecule has 0 bridgehead atoms. The summed E-state index contributed by atoms with van der Waals surface area (Å²) in [6, 6.07) is 12.6. The lowest BCUT2D eigenvalue weighted by molar-refractivity contribution is 0.0951. The average Bonchev–Trinajstić information content (AvgIpc) is 2.65. The molecule has 0 unspecified atom stereocenters. The molecule has 0 heterocycles. The highest BCUT2D eigenvalue weighted by molar-refractivity contribution is 7.92. The number of amides is 1. The Hall–Kier alpha value is -2.09. The van der Waals surface area contributed by atoms with E-state index in [0.29, 0.717) is 12.1 Å². The summed E-state index contributed by atoms with van der Waals surface area (Å²) in [6.07, 6.45) is 1.03. The smallest absolute Gasteiger partial charge is 0.251 e. The zero-order chi connectivity index (χ0) is 20.7. The molecule has 0 saturated heterocycles. The molecule has 0 aliphatic rings. The second-order valence-corrected chi connectivity index (χ2v) is 8.69. The van der Waals surface area contributed by atoms with Gasteiger partial charge in [0.15, 0.2) is 0 Å². The van der Waals surface area contributed by atoms with Crippen LogP contribution in [-0.2, 0) is 23.1 Å². The lowest BCUT2D eigenvalue weighted by Crippen LogP contribution is -2.23. The zero-order valence-electron chi connectivity index (χ0n) is 16.3. The molecular formula is C20H26ClN3O3S. The van der Waals surface area contributed by atoms with Crippen LogP contribution < -0.4 is 10.0 Å². The number of benzene rings is 2. The normalized spacial score (nSPS) is 11.5. The summed E-state index contributed by atoms with van der Waals surface area (Å²) >= 11 is 5.99. The molecule has 152 valence electrons. The van der Waals surface area contributed by atoms with Crippen LogP contribution in [0.2, 0.25) is 5.02 Å². The number of hydrogen-bond donors (Lipinski definition) is 2. The van der Waals surface area contributed by atoms with Crippen LogP contribution >= 0.6 is 11.6 Å². The van der Waals surface area contributed by atoms with Gasteiger partial charge in [-0.1, -0.05) is 49.7 Å². The fourth-order valence-corrected chi connectivity index (χ4v) is 3.49. The van der Waals surface area contributed by atoms with E-state index in [2.05, 4.69) is 40.9 Å². The molecule has 2 aromatic rings. The molecule has 0 atom stereocenters. The molecule has 0 aromatic heterocycles. The third-order valence-electron chi connectivity index (χ3n) is 4.30. The highest BCUT2D eigenvalue weighted by Gasteiger charge is 2.12. The lowest BCUT2D eigenvalue weighted by Gasteiger charge is -2.18. The lowest BCUT2D eigenvalue weighted by atomic mass is 10.1. The van der Waals surface area contributed by atoms with Gasteiger partial charge in [0.1, 0.15) is 0 Å². The van der Waals surface area contributed by atoms with Crippen LogP contribution in [0.4, 0.5) is 5.69 Å². The third kappa shape index (κ3) is 6.82. The van der Waals surface area contributed by atoms with E-state index in [9.17, 15) is 13.2 Å². The van der Waals surface area contributed by atoms with Crippen LogP contribution in [0.1, 0.15) is 35.3 Å². The molecule has 1 amide bonds. The predicted molar refractivity (Wildman–Crippen MR) is 114 cm³/mol. The van der Waals surface area contributed by atoms with Gasteiger partial charge in [-0.15, -0.1) is 0 Å². The Morgan fingerprint density at radius 3 is 2.21 bits per heavy atom. The largest absolute Gasteiger partial charge is 0.348 e. The maximum absolute atomic E-state index is 12.4. The number of rotatable bonds is 9. The van der Waals surface area contributed by atoms with Crippen molar-refractivity contribution < 1.29 is 13.2 Å². The minimum Gasteiger partial charge on any atom is -0.348 e. The second-order valence-electron chi connectivity index (χ2n) is 6.53. The summed E-state index contributed by atoms with van der Waals surface area (Å²) in [6.45, 7) is 7.57. The SMILES string of the molecule is CCN(CC)Cc1ccc(CNC(=O)c2ccc(Cl)c(NS(C)(=O)=O)c2)cc1. The second kappa shape index (κ2) is 9.91. The monoisotopic (exact) mass is 423 g/mol. The van der Waals surface area contributed by atoms with E-state index in [4.69, 9.17) is 11.6 Å². The van der Waals surface area contributed by atoms with Crippen molar-refractivity contribution in [2.45, 2.75) is 26.9 Å². The van der Waals surface area contributed by atoms with E-state index in [1.54, 1.807) is 6.07 Å². The van der Waals surface area contributed by atoms with Gasteiger partial charge in [-0.25, -0.2) is 8.42 Å². The van der Waals surface area contributed by atoms with Gasteiger partial charge in [0.25, 0.3) is 5.91 Å². The molecule has 0 radical (unpaired) electrons. The van der Waals surface area contributed by atoms with Crippen molar-refractivity contribution >= 4 is 33.2 Å². The van der Waals surface area contributed by atoms with Gasteiger partial charge in [0.2, 0.25) is 10.0 Å². The molecule has 2 rings (SSSR count). The first kappa shape index (κ1) is 22.2. The molecular weight excluding hydrogens is 398 g/mol. The molecule has 0 fully saturated rings. The van der Waals surface area contributed by atoms with Crippen molar-refractivity contribution in [2.75, 3.05) is 24.1 Å². The molecule has 28 heavy (non-hydrogen) atoms. The summed E-state index contributed by atoms with van der Waals surface area (Å²) in [5.41, 5.74) is 2.72. The van der Waals surface area contributed by atoms with Gasteiger partial charge in [0.05, 0.1) is 17.0 Å². The first-order valence-electron chi connectivity index (χ1n) is 9.07. The molecule has 2 aromatic carbocycles. The minimum atomic E-state index is -3.48. The molecule has 8 heteroatoms. The van der Waals surface area contributed by atoms with E-state index in [-0.39, 0.29) is 16.6 Å². The van der Waals surface area contributed by atoms with Crippen LogP contribution in [0.25, 0.3) is 0 Å². The molecule has 0 aliphatic carbocycles. The number of anilines is 1. The van der Waals surface area contributed by atoms with Crippen LogP contribution in [0.5, 0.6) is 0 Å². The summed E-state index contributed by atoms with van der Waals surface area (Å²) in [5.74, 6) is -0.305. The van der Waals surface area contributed by atoms with Crippen molar-refractivity contribution in [1.82, 2.24) is 10.2 Å². The molecule has 0 aliphatic heterocycles. The van der Waals surface area contributed by atoms with Crippen molar-refractivity contribution in [3.05, 3.63) is 64.2 Å². The summed E-state index contributed by atoms with van der Waals surface area (Å²) < 4.78 is 25.1. The fourth-order valence-electron chi connectivity index (χ4n) is 2.70. The number of carbonyl (C=O) groups is 1. The number of carbonyl (C=O) groups excluding carboxylic acids is 1. The van der Waals surface area contributed by atoms with E-state index in [1.807, 2.05) is 12.1 Å². The average molecular weight is 424 g/mol. The van der Waals surface area contributed by atoms with Crippen molar-refractivity contribution in [2.24, 2.45) is 0 Å². The fraction of sp³-hybridized carbons (Fsp3) is 0.350. The van der Waals surface area contributed by atoms with Gasteiger partial charge in [-0.2, -0.15) is 0 Å². The van der Waals surface area contributed by atoms with Crippen molar-refractivity contribution in [3.8, 4) is 0 Å². The number of nitrogens with zero attached hydrogens (tertiary/aromatic N) is 1. The molecule has 2 N–H and O–H groups in total. The zero-order valence-corrected chi connectivity index (χ0v) is 17.9. The Kier molecular flexibility index (Phi) is 7.86. The molecule has 6 nitrogen and oxygen atoms in total. The third-order valence-corrected chi connectivity index (χ3v) is 5.22. The Balaban J connectivity index is 1.99. The topological polar surface area (TPSA) is 78.5 Å².